The molecule has 0 N–H and O–H groups in total. The van der Waals surface area contributed by atoms with E-state index in [9.17, 15) is 0 Å². The van der Waals surface area contributed by atoms with Gasteiger partial charge in [0.05, 0.1) is 5.69 Å². The molecule has 0 saturated carbocycles. The smallest absolute Gasteiger partial charge is 0.0705 e. The third-order valence-electron chi connectivity index (χ3n) is 2.73. The average Bonchev–Trinajstić information content (AvgIpc) is 2.30. The Hall–Kier alpha value is -1.70. The van der Waals surface area contributed by atoms with E-state index in [1.165, 1.54) is 11.1 Å². The summed E-state index contributed by atoms with van der Waals surface area (Å²) in [5, 5.41) is 0. The first-order chi connectivity index (χ1) is 7.70. The highest BCUT2D eigenvalue weighted by Crippen LogP contribution is 2.26. The van der Waals surface area contributed by atoms with E-state index in [2.05, 4.69) is 30.7 Å². The summed E-state index contributed by atoms with van der Waals surface area (Å²) in [7, 11) is 0. The van der Waals surface area contributed by atoms with E-state index in [4.69, 9.17) is 0 Å². The number of rotatable bonds is 2. The Bertz CT molecular complexity index is 475. The Labute approximate surface area is 96.4 Å². The first kappa shape index (κ1) is 10.8. The molecule has 0 saturated heterocycles. The van der Waals surface area contributed by atoms with Crippen LogP contribution in [0.2, 0.25) is 0 Å². The summed E-state index contributed by atoms with van der Waals surface area (Å²) in [5.74, 6) is 0.448. The van der Waals surface area contributed by atoms with Gasteiger partial charge in [-0.2, -0.15) is 0 Å². The monoisotopic (exact) mass is 212 g/mol. The van der Waals surface area contributed by atoms with E-state index >= 15 is 0 Å². The van der Waals surface area contributed by atoms with Crippen LogP contribution in [0.4, 0.5) is 0 Å². The fourth-order valence-corrected chi connectivity index (χ4v) is 1.93. The Morgan fingerprint density at radius 3 is 2.44 bits per heavy atom. The van der Waals surface area contributed by atoms with E-state index < -0.39 is 0 Å². The summed E-state index contributed by atoms with van der Waals surface area (Å²) in [4.78, 5) is 8.82. The minimum absolute atomic E-state index is 0.448. The third kappa shape index (κ3) is 1.96. The lowest BCUT2D eigenvalue weighted by Crippen LogP contribution is -1.98. The molecule has 2 heteroatoms. The van der Waals surface area contributed by atoms with Gasteiger partial charge < -0.3 is 0 Å². The van der Waals surface area contributed by atoms with Crippen LogP contribution in [0, 0.1) is 6.92 Å². The quantitative estimate of drug-likeness (QED) is 0.760. The van der Waals surface area contributed by atoms with Gasteiger partial charge in [0.25, 0.3) is 0 Å². The number of pyridine rings is 2. The van der Waals surface area contributed by atoms with Gasteiger partial charge in [-0.15, -0.1) is 0 Å². The van der Waals surface area contributed by atoms with Crippen LogP contribution in [0.15, 0.2) is 36.7 Å². The van der Waals surface area contributed by atoms with Gasteiger partial charge in [0.2, 0.25) is 0 Å². The summed E-state index contributed by atoms with van der Waals surface area (Å²) in [6.45, 7) is 6.45. The minimum Gasteiger partial charge on any atom is -0.261 e. The van der Waals surface area contributed by atoms with Crippen molar-refractivity contribution >= 4 is 0 Å². The third-order valence-corrected chi connectivity index (χ3v) is 2.73. The Morgan fingerprint density at radius 2 is 1.81 bits per heavy atom. The van der Waals surface area contributed by atoms with Crippen LogP contribution in [0.3, 0.4) is 0 Å². The number of hydrogen-bond acceptors (Lipinski definition) is 2. The van der Waals surface area contributed by atoms with Gasteiger partial charge in [-0.1, -0.05) is 19.9 Å². The molecule has 2 aromatic rings. The molecule has 82 valence electrons. The van der Waals surface area contributed by atoms with Crippen molar-refractivity contribution in [3.63, 3.8) is 0 Å². The fourth-order valence-electron chi connectivity index (χ4n) is 1.93. The van der Waals surface area contributed by atoms with Crippen LogP contribution in [0.1, 0.15) is 31.0 Å². The maximum absolute atomic E-state index is 4.44. The Balaban J connectivity index is 2.55. The predicted octanol–water partition coefficient (Wildman–Crippen LogP) is 3.58. The van der Waals surface area contributed by atoms with Crippen molar-refractivity contribution in [3.05, 3.63) is 47.9 Å². The maximum atomic E-state index is 4.44. The van der Waals surface area contributed by atoms with Crippen LogP contribution < -0.4 is 0 Å². The second-order valence-electron chi connectivity index (χ2n) is 4.24. The van der Waals surface area contributed by atoms with Gasteiger partial charge in [0.15, 0.2) is 0 Å². The van der Waals surface area contributed by atoms with Crippen molar-refractivity contribution in [1.29, 1.82) is 0 Å². The average molecular weight is 212 g/mol. The Morgan fingerprint density at radius 1 is 1.00 bits per heavy atom. The van der Waals surface area contributed by atoms with Crippen molar-refractivity contribution in [1.82, 2.24) is 9.97 Å². The highest BCUT2D eigenvalue weighted by molar-refractivity contribution is 5.63. The van der Waals surface area contributed by atoms with E-state index in [0.717, 1.165) is 11.4 Å². The van der Waals surface area contributed by atoms with Crippen LogP contribution in [-0.2, 0) is 0 Å². The molecule has 0 fully saturated rings. The SMILES string of the molecule is Cc1c(-c2ccccn2)ccnc1C(C)C. The summed E-state index contributed by atoms with van der Waals surface area (Å²) in [6.07, 6.45) is 3.69. The van der Waals surface area contributed by atoms with Gasteiger partial charge in [-0.05, 0) is 36.6 Å². The molecule has 2 nitrogen and oxygen atoms in total. The van der Waals surface area contributed by atoms with Crippen LogP contribution in [0.25, 0.3) is 11.3 Å². The molecule has 0 unspecified atom stereocenters. The first-order valence-electron chi connectivity index (χ1n) is 5.57. The summed E-state index contributed by atoms with van der Waals surface area (Å²) >= 11 is 0. The summed E-state index contributed by atoms with van der Waals surface area (Å²) < 4.78 is 0. The number of aromatic nitrogens is 2. The van der Waals surface area contributed by atoms with Crippen molar-refractivity contribution < 1.29 is 0 Å². The molecular formula is C14H16N2. The molecule has 0 spiro atoms. The number of hydrogen-bond donors (Lipinski definition) is 0. The van der Waals surface area contributed by atoms with Gasteiger partial charge in [-0.3, -0.25) is 9.97 Å². The van der Waals surface area contributed by atoms with E-state index in [0.29, 0.717) is 5.92 Å². The van der Waals surface area contributed by atoms with E-state index in [1.54, 1.807) is 0 Å². The van der Waals surface area contributed by atoms with Gasteiger partial charge in [-0.25, -0.2) is 0 Å². The van der Waals surface area contributed by atoms with Gasteiger partial charge >= 0.3 is 0 Å². The zero-order chi connectivity index (χ0) is 11.5. The van der Waals surface area contributed by atoms with Crippen LogP contribution >= 0.6 is 0 Å². The van der Waals surface area contributed by atoms with Crippen LogP contribution in [-0.4, -0.2) is 9.97 Å². The second-order valence-corrected chi connectivity index (χ2v) is 4.24. The molecule has 0 bridgehead atoms. The lowest BCUT2D eigenvalue weighted by molar-refractivity contribution is 0.812. The zero-order valence-electron chi connectivity index (χ0n) is 9.94. The lowest BCUT2D eigenvalue weighted by Gasteiger charge is -2.12. The molecule has 0 aromatic carbocycles. The van der Waals surface area contributed by atoms with Gasteiger partial charge in [0, 0.05) is 23.7 Å². The minimum atomic E-state index is 0.448. The maximum Gasteiger partial charge on any atom is 0.0705 e. The Kier molecular flexibility index (Phi) is 3.00. The number of nitrogens with zero attached hydrogens (tertiary/aromatic N) is 2. The topological polar surface area (TPSA) is 25.8 Å². The molecular weight excluding hydrogens is 196 g/mol. The fraction of sp³-hybridized carbons (Fsp3) is 0.286. The summed E-state index contributed by atoms with van der Waals surface area (Å²) in [5.41, 5.74) is 4.59. The molecule has 0 atom stereocenters. The molecule has 0 amide bonds. The second kappa shape index (κ2) is 4.44. The predicted molar refractivity (Wildman–Crippen MR) is 66.3 cm³/mol. The van der Waals surface area contributed by atoms with E-state index in [-0.39, 0.29) is 0 Å². The largest absolute Gasteiger partial charge is 0.261 e. The zero-order valence-corrected chi connectivity index (χ0v) is 9.94. The molecule has 2 rings (SSSR count). The molecule has 0 aliphatic rings. The normalized spacial score (nSPS) is 10.8. The summed E-state index contributed by atoms with van der Waals surface area (Å²) in [6, 6.07) is 8.01. The van der Waals surface area contributed by atoms with Gasteiger partial charge in [0.1, 0.15) is 0 Å². The highest BCUT2D eigenvalue weighted by Gasteiger charge is 2.10. The van der Waals surface area contributed by atoms with Crippen LogP contribution in [0.5, 0.6) is 0 Å². The van der Waals surface area contributed by atoms with Crippen molar-refractivity contribution in [2.24, 2.45) is 0 Å². The highest BCUT2D eigenvalue weighted by atomic mass is 14.7. The lowest BCUT2D eigenvalue weighted by atomic mass is 9.98. The molecule has 2 heterocycles. The first-order valence-corrected chi connectivity index (χ1v) is 5.57. The standard InChI is InChI=1S/C14H16N2/c1-10(2)14-11(3)12(7-9-16-14)13-6-4-5-8-15-13/h4-10H,1-3H3. The molecule has 0 aliphatic heterocycles. The van der Waals surface area contributed by atoms with Crippen molar-refractivity contribution in [2.75, 3.05) is 0 Å². The molecule has 16 heavy (non-hydrogen) atoms. The molecule has 0 aliphatic carbocycles. The van der Waals surface area contributed by atoms with Crippen molar-refractivity contribution in [3.8, 4) is 11.3 Å². The van der Waals surface area contributed by atoms with Crippen molar-refractivity contribution in [2.45, 2.75) is 26.7 Å². The molecule has 2 aromatic heterocycles. The van der Waals surface area contributed by atoms with E-state index in [1.807, 2.05) is 36.7 Å². The molecule has 0 radical (unpaired) electrons.